The number of aromatic nitrogens is 4. The lowest BCUT2D eigenvalue weighted by Gasteiger charge is -2.37. The Bertz CT molecular complexity index is 2180. The number of nitrogens with two attached hydrogens (primary N) is 2. The van der Waals surface area contributed by atoms with Crippen molar-refractivity contribution < 1.29 is 23.2 Å². The zero-order valence-electron chi connectivity index (χ0n) is 31.5. The number of aliphatic imine (C=N–C) groups is 1. The van der Waals surface area contributed by atoms with Crippen LogP contribution in [0.5, 0.6) is 0 Å². The molecule has 1 aromatic carbocycles. The molecular weight excluding hydrogens is 724 g/mol. The van der Waals surface area contributed by atoms with Crippen molar-refractivity contribution in [3.05, 3.63) is 75.6 Å². The molecule has 3 aliphatic rings. The number of carbonyl (C=O) groups excluding carboxylic acids is 3. The van der Waals surface area contributed by atoms with E-state index in [1.54, 1.807) is 26.1 Å². The monoisotopic (exact) mass is 771 g/mol. The molecule has 3 fully saturated rings. The highest BCUT2D eigenvalue weighted by Gasteiger charge is 2.32. The lowest BCUT2D eigenvalue weighted by molar-refractivity contribution is -0.135. The van der Waals surface area contributed by atoms with Gasteiger partial charge in [0.2, 0.25) is 11.8 Å². The Morgan fingerprint density at radius 1 is 1.09 bits per heavy atom. The average Bonchev–Trinajstić information content (AvgIpc) is 3.43. The highest BCUT2D eigenvalue weighted by molar-refractivity contribution is 6.19. The Morgan fingerprint density at radius 2 is 1.82 bits per heavy atom. The van der Waals surface area contributed by atoms with Crippen LogP contribution in [0.2, 0.25) is 0 Å². The number of halogens is 2. The first-order valence-corrected chi connectivity index (χ1v) is 18.7. The summed E-state index contributed by atoms with van der Waals surface area (Å²) in [6.07, 6.45) is 4.60. The summed E-state index contributed by atoms with van der Waals surface area (Å²) in [5.74, 6) is 5.50. The molecule has 17 heteroatoms. The van der Waals surface area contributed by atoms with Crippen LogP contribution in [0.3, 0.4) is 0 Å². The number of carbonyl (C=O) groups is 3. The fourth-order valence-electron chi connectivity index (χ4n) is 7.48. The number of fused-ring (bicyclic) bond motifs is 1. The molecule has 0 spiro atoms. The SMILES string of the molecule is Cc1ccnc(/C(=C\N)C(=O)N/C(C=NC2CCC(CN3CCN(CC#Cc4cccc5c4n(C)c(=O)n5C4CCC(=O)NC4=O)CC3)CC2)=C(/N)C(F)F)n1. The number of rotatable bonds is 10. The number of imidazole rings is 1. The lowest BCUT2D eigenvalue weighted by Crippen LogP contribution is -2.48. The number of alkyl halides is 2. The van der Waals surface area contributed by atoms with Crippen LogP contribution in [-0.2, 0) is 21.4 Å². The first-order chi connectivity index (χ1) is 26.9. The summed E-state index contributed by atoms with van der Waals surface area (Å²) in [5.41, 5.74) is 12.4. The number of aryl methyl sites for hydroxylation is 2. The second kappa shape index (κ2) is 17.8. The van der Waals surface area contributed by atoms with Crippen LogP contribution in [0.25, 0.3) is 16.6 Å². The highest BCUT2D eigenvalue weighted by Crippen LogP contribution is 2.28. The van der Waals surface area contributed by atoms with Gasteiger partial charge in [0.15, 0.2) is 5.82 Å². The van der Waals surface area contributed by atoms with Crippen LogP contribution < -0.4 is 27.8 Å². The Morgan fingerprint density at radius 3 is 2.50 bits per heavy atom. The lowest BCUT2D eigenvalue weighted by atomic mass is 9.86. The van der Waals surface area contributed by atoms with E-state index in [-0.39, 0.29) is 47.6 Å². The van der Waals surface area contributed by atoms with E-state index in [4.69, 9.17) is 11.5 Å². The molecule has 6 rings (SSSR count). The minimum absolute atomic E-state index is 0.0619. The van der Waals surface area contributed by atoms with Crippen molar-refractivity contribution in [3.8, 4) is 11.8 Å². The quantitative estimate of drug-likeness (QED) is 0.102. The van der Waals surface area contributed by atoms with Gasteiger partial charge < -0.3 is 21.7 Å². The summed E-state index contributed by atoms with van der Waals surface area (Å²) in [4.78, 5) is 68.0. The number of piperidine rings is 1. The first-order valence-electron chi connectivity index (χ1n) is 18.7. The summed E-state index contributed by atoms with van der Waals surface area (Å²) >= 11 is 0. The maximum Gasteiger partial charge on any atom is 0.329 e. The number of hydrogen-bond acceptors (Lipinski definition) is 11. The van der Waals surface area contributed by atoms with Gasteiger partial charge in [-0.1, -0.05) is 17.9 Å². The normalized spacial score (nSPS) is 21.9. The minimum atomic E-state index is -3.00. The van der Waals surface area contributed by atoms with Crippen LogP contribution in [0.4, 0.5) is 8.78 Å². The maximum absolute atomic E-state index is 13.6. The predicted molar refractivity (Wildman–Crippen MR) is 207 cm³/mol. The number of hydrogen-bond donors (Lipinski definition) is 4. The zero-order valence-corrected chi connectivity index (χ0v) is 31.5. The Labute approximate surface area is 322 Å². The summed E-state index contributed by atoms with van der Waals surface area (Å²) in [6, 6.07) is 6.30. The van der Waals surface area contributed by atoms with Gasteiger partial charge >= 0.3 is 5.69 Å². The van der Waals surface area contributed by atoms with E-state index >= 15 is 0 Å². The summed E-state index contributed by atoms with van der Waals surface area (Å²) in [7, 11) is 1.67. The van der Waals surface area contributed by atoms with Gasteiger partial charge in [-0.05, 0) is 63.1 Å². The van der Waals surface area contributed by atoms with Crippen molar-refractivity contribution in [2.45, 2.75) is 64.0 Å². The zero-order chi connectivity index (χ0) is 39.9. The maximum atomic E-state index is 13.6. The number of allylic oxidation sites excluding steroid dienone is 2. The van der Waals surface area contributed by atoms with Crippen molar-refractivity contribution in [3.63, 3.8) is 0 Å². The second-order valence-electron chi connectivity index (χ2n) is 14.4. The van der Waals surface area contributed by atoms with Crippen molar-refractivity contribution in [2.24, 2.45) is 29.4 Å². The molecular formula is C39H47F2N11O4. The molecule has 2 saturated heterocycles. The van der Waals surface area contributed by atoms with Gasteiger partial charge in [0, 0.05) is 70.5 Å². The van der Waals surface area contributed by atoms with Crippen LogP contribution in [0.15, 0.2) is 57.8 Å². The Hall–Kier alpha value is -5.73. The van der Waals surface area contributed by atoms with Crippen LogP contribution in [0, 0.1) is 24.7 Å². The van der Waals surface area contributed by atoms with Crippen LogP contribution >= 0.6 is 0 Å². The van der Waals surface area contributed by atoms with E-state index in [1.165, 1.54) is 21.5 Å². The molecule has 0 radical (unpaired) electrons. The number of nitrogens with one attached hydrogen (secondary N) is 2. The molecule has 0 bridgehead atoms. The van der Waals surface area contributed by atoms with Gasteiger partial charge in [-0.2, -0.15) is 0 Å². The standard InChI is InChI=1S/C39H47F2N11O4/c1-24-14-15-44-36(46-24)28(21-42)37(54)47-29(33(43)35(40)41)22-45-27-10-8-25(9-11-27)23-51-19-17-50(18-20-51)16-4-6-26-5-3-7-30-34(26)49(2)39(56)52(30)31-12-13-32(53)48-38(31)55/h3,5,7,14-15,21-22,25,27,31,35H,8-13,16-20,23,42-43H2,1-2H3,(H,47,54)(H,48,53,55)/b28-21+,33-29+,45-22?. The van der Waals surface area contributed by atoms with Gasteiger partial charge in [-0.25, -0.2) is 23.5 Å². The number of benzene rings is 1. The summed E-state index contributed by atoms with van der Waals surface area (Å²) in [6.45, 7) is 6.82. The van der Waals surface area contributed by atoms with Crippen molar-refractivity contribution in [1.29, 1.82) is 0 Å². The molecule has 15 nitrogen and oxygen atoms in total. The Balaban J connectivity index is 0.980. The largest absolute Gasteiger partial charge is 0.404 e. The van der Waals surface area contributed by atoms with Crippen molar-refractivity contribution >= 4 is 40.5 Å². The molecule has 296 valence electrons. The molecule has 3 amide bonds. The highest BCUT2D eigenvalue weighted by atomic mass is 19.3. The second-order valence-corrected chi connectivity index (χ2v) is 14.4. The summed E-state index contributed by atoms with van der Waals surface area (Å²) < 4.78 is 30.2. The molecule has 3 aromatic rings. The van der Waals surface area contributed by atoms with E-state index in [1.807, 2.05) is 12.1 Å². The third-order valence-electron chi connectivity index (χ3n) is 10.6. The first kappa shape index (κ1) is 39.9. The van der Waals surface area contributed by atoms with Crippen LogP contribution in [0.1, 0.15) is 61.6 Å². The van der Waals surface area contributed by atoms with Gasteiger partial charge in [-0.15, -0.1) is 0 Å². The molecule has 4 heterocycles. The third kappa shape index (κ3) is 9.20. The molecule has 1 aliphatic carbocycles. The Kier molecular flexibility index (Phi) is 12.7. The number of amides is 3. The van der Waals surface area contributed by atoms with E-state index in [0.717, 1.165) is 64.6 Å². The molecule has 6 N–H and O–H groups in total. The number of para-hydroxylation sites is 1. The summed E-state index contributed by atoms with van der Waals surface area (Å²) in [5, 5.41) is 4.76. The smallest absolute Gasteiger partial charge is 0.329 e. The fourth-order valence-corrected chi connectivity index (χ4v) is 7.48. The molecule has 1 saturated carbocycles. The topological polar surface area (TPSA) is 199 Å². The molecule has 2 aromatic heterocycles. The molecule has 1 unspecified atom stereocenters. The minimum Gasteiger partial charge on any atom is -0.404 e. The van der Waals surface area contributed by atoms with Gasteiger partial charge in [0.05, 0.1) is 40.5 Å². The third-order valence-corrected chi connectivity index (χ3v) is 10.6. The number of nitrogens with zero attached hydrogens (tertiary/aromatic N) is 7. The predicted octanol–water partition coefficient (Wildman–Crippen LogP) is 1.57. The fraction of sp³-hybridized carbons (Fsp3) is 0.462. The van der Waals surface area contributed by atoms with Gasteiger partial charge in [0.1, 0.15) is 11.7 Å². The van der Waals surface area contributed by atoms with Gasteiger partial charge in [0.25, 0.3) is 12.3 Å². The molecule has 1 atom stereocenters. The van der Waals surface area contributed by atoms with E-state index < -0.39 is 30.0 Å². The number of piperazine rings is 1. The van der Waals surface area contributed by atoms with Crippen molar-refractivity contribution in [2.75, 3.05) is 39.3 Å². The van der Waals surface area contributed by atoms with E-state index in [0.29, 0.717) is 34.8 Å². The van der Waals surface area contributed by atoms with Crippen molar-refractivity contribution in [1.82, 2.24) is 39.5 Å². The molecule has 56 heavy (non-hydrogen) atoms. The number of imide groups is 1. The van der Waals surface area contributed by atoms with E-state index in [9.17, 15) is 28.0 Å². The average molecular weight is 772 g/mol. The van der Waals surface area contributed by atoms with Crippen LogP contribution in [-0.4, -0.2) is 105 Å². The van der Waals surface area contributed by atoms with E-state index in [2.05, 4.69) is 47.2 Å². The molecule has 2 aliphatic heterocycles. The van der Waals surface area contributed by atoms with Gasteiger partial charge in [-0.3, -0.25) is 38.7 Å².